The molecule has 0 saturated carbocycles. The number of aryl methyl sites for hydroxylation is 2. The number of hydrogen-bond acceptors (Lipinski definition) is 15. The van der Waals surface area contributed by atoms with Crippen LogP contribution in [0.15, 0.2) is 83.6 Å². The average Bonchev–Trinajstić information content (AvgIpc) is 3.89. The monoisotopic (exact) mass is 970 g/mol. The largest absolute Gasteiger partial charge is 1.00 e. The molecule has 20 heteroatoms. The van der Waals surface area contributed by atoms with E-state index in [1.165, 1.54) is 23.5 Å². The number of benzene rings is 2. The number of nitrogens with zero attached hydrogens (tertiary/aromatic N) is 9. The van der Waals surface area contributed by atoms with Gasteiger partial charge in [0.2, 0.25) is 0 Å². The van der Waals surface area contributed by atoms with Gasteiger partial charge in [-0.1, -0.05) is 46.1 Å². The first-order valence-electron chi connectivity index (χ1n) is 15.9. The Balaban J connectivity index is 0.000000910. The van der Waals surface area contributed by atoms with Gasteiger partial charge in [-0.3, -0.25) is 14.6 Å². The predicted molar refractivity (Wildman–Crippen MR) is 218 cm³/mol. The minimum Gasteiger partial charge on any atom is -1.00 e. The van der Waals surface area contributed by atoms with Gasteiger partial charge in [0, 0.05) is 40.8 Å². The molecule has 57 heavy (non-hydrogen) atoms. The zero-order chi connectivity index (χ0) is 40.2. The number of thioether (sulfide) groups is 2. The molecular formula is C37H37IK2N10O5S2. The molecule has 0 bridgehead atoms. The third kappa shape index (κ3) is 16.7. The van der Waals surface area contributed by atoms with Crippen LogP contribution >= 0.6 is 46.1 Å². The second-order valence-corrected chi connectivity index (χ2v) is 13.0. The Morgan fingerprint density at radius 3 is 1.86 bits per heavy atom. The molecule has 1 N–H and O–H groups in total. The third-order valence-electron chi connectivity index (χ3n) is 7.05. The molecule has 6 aromatic rings. The van der Waals surface area contributed by atoms with Crippen LogP contribution in [0.25, 0.3) is 45.0 Å². The first kappa shape index (κ1) is 52.8. The summed E-state index contributed by atoms with van der Waals surface area (Å²) in [4.78, 5) is 28.8. The van der Waals surface area contributed by atoms with Crippen molar-refractivity contribution in [1.29, 1.82) is 10.5 Å². The van der Waals surface area contributed by atoms with Crippen molar-refractivity contribution in [2.24, 2.45) is 0 Å². The van der Waals surface area contributed by atoms with Gasteiger partial charge in [0.05, 0.1) is 54.1 Å². The second-order valence-electron chi connectivity index (χ2n) is 10.7. The number of nitriles is 2. The summed E-state index contributed by atoms with van der Waals surface area (Å²) >= 11 is 4.99. The van der Waals surface area contributed by atoms with Gasteiger partial charge in [-0.2, -0.15) is 20.7 Å². The Hall–Kier alpha value is -2.27. The number of halogens is 1. The van der Waals surface area contributed by atoms with Gasteiger partial charge in [-0.15, -0.1) is 0 Å². The molecule has 0 aliphatic rings. The van der Waals surface area contributed by atoms with Crippen LogP contribution in [0.4, 0.5) is 0 Å². The predicted octanol–water partition coefficient (Wildman–Crippen LogP) is 0.642. The zero-order valence-electron chi connectivity index (χ0n) is 33.7. The smallest absolute Gasteiger partial charge is 1.00 e. The van der Waals surface area contributed by atoms with Crippen LogP contribution in [0, 0.1) is 36.5 Å². The molecular weight excluding hydrogens is 934 g/mol. The van der Waals surface area contributed by atoms with Gasteiger partial charge in [-0.25, -0.2) is 19.9 Å². The summed E-state index contributed by atoms with van der Waals surface area (Å²) in [6, 6.07) is 19.8. The molecule has 0 radical (unpaired) electrons. The molecule has 0 unspecified atom stereocenters. The number of nitrogens with one attached hydrogen (secondary N) is 1. The number of H-pyrrole nitrogens is 1. The Morgan fingerprint density at radius 1 is 0.877 bits per heavy atom. The van der Waals surface area contributed by atoms with E-state index in [1.54, 1.807) is 37.5 Å². The SMILES string of the molecule is COc1cc(C)cc(-c2[nH]ncc2-c2ccnc(SC)n2)c1.COc1cc(C)cc(-c2nn(CC#N)cc2-c2ccnc(SC)n2)c1.N#CCI.O=CO[O-].[H-].[K+].[K+]. The molecule has 0 atom stereocenters. The zero-order valence-corrected chi connectivity index (χ0v) is 42.7. The molecule has 0 saturated heterocycles. The van der Waals surface area contributed by atoms with E-state index in [4.69, 9.17) is 30.0 Å². The first-order chi connectivity index (χ1) is 26.7. The fourth-order valence-corrected chi connectivity index (χ4v) is 5.58. The average molecular weight is 971 g/mol. The molecule has 4 heterocycles. The van der Waals surface area contributed by atoms with Crippen molar-refractivity contribution in [3.05, 3.63) is 84.4 Å². The van der Waals surface area contributed by atoms with E-state index < -0.39 is 0 Å². The normalized spacial score (nSPS) is 9.44. The summed E-state index contributed by atoms with van der Waals surface area (Å²) in [5.74, 6) is 1.59. The summed E-state index contributed by atoms with van der Waals surface area (Å²) in [5, 5.41) is 38.3. The number of methoxy groups -OCH3 is 2. The molecule has 0 amide bonds. The number of aromatic amines is 1. The Labute approximate surface area is 439 Å². The Morgan fingerprint density at radius 2 is 1.39 bits per heavy atom. The van der Waals surface area contributed by atoms with Gasteiger partial charge in [0.15, 0.2) is 10.3 Å². The van der Waals surface area contributed by atoms with Gasteiger partial charge in [0.25, 0.3) is 6.47 Å². The standard InChI is InChI=1S/C18H17N5OS.C16H16N4OS.C2H2IN.CH2O3.2K.H/c1-12-8-13(10-14(9-12)24-2)17-15(11-23(22-17)7-5-19)16-4-6-20-18(21-16)25-3;1-10-6-11(8-12(7-10)21-2)15-13(9-18-20-15)14-4-5-17-16(19-14)22-3;3-1-2-4;2-1-4-3;;;/h4,6,8-11H,7H2,1-3H3;4-9H,1-3H3,(H,18,20);1H2;1,3H;;;/q;;;;2*+1;-1/p-1. The Bertz CT molecular complexity index is 2260. The van der Waals surface area contributed by atoms with Crippen molar-refractivity contribution in [2.45, 2.75) is 30.7 Å². The number of aromatic nitrogens is 8. The minimum absolute atomic E-state index is 0. The van der Waals surface area contributed by atoms with Crippen LogP contribution in [0.2, 0.25) is 0 Å². The van der Waals surface area contributed by atoms with Gasteiger partial charge in [-0.05, 0) is 86.0 Å². The molecule has 6 rings (SSSR count). The number of hydrogen-bond donors (Lipinski definition) is 1. The maximum absolute atomic E-state index is 9.01. The van der Waals surface area contributed by atoms with Crippen LogP contribution in [-0.2, 0) is 16.2 Å². The van der Waals surface area contributed by atoms with E-state index in [9.17, 15) is 0 Å². The summed E-state index contributed by atoms with van der Waals surface area (Å²) in [6.07, 6.45) is 11.0. The molecule has 4 aromatic heterocycles. The second kappa shape index (κ2) is 29.0. The molecule has 0 aliphatic heterocycles. The molecule has 0 aliphatic carbocycles. The van der Waals surface area contributed by atoms with Crippen LogP contribution in [0.1, 0.15) is 12.6 Å². The number of carbonyl (C=O) groups excluding carboxylic acids is 1. The van der Waals surface area contributed by atoms with Gasteiger partial charge in [0.1, 0.15) is 23.7 Å². The van der Waals surface area contributed by atoms with E-state index in [0.29, 0.717) is 9.58 Å². The van der Waals surface area contributed by atoms with E-state index in [-0.39, 0.29) is 117 Å². The van der Waals surface area contributed by atoms with E-state index in [1.807, 2.05) is 104 Å². The van der Waals surface area contributed by atoms with Crippen LogP contribution in [0.3, 0.4) is 0 Å². The van der Waals surface area contributed by atoms with Crippen molar-refractivity contribution in [2.75, 3.05) is 31.2 Å². The number of carbonyl (C=O) groups is 1. The van der Waals surface area contributed by atoms with Crippen molar-refractivity contribution in [3.8, 4) is 68.7 Å². The summed E-state index contributed by atoms with van der Waals surface area (Å²) in [6.45, 7) is 4.05. The van der Waals surface area contributed by atoms with E-state index in [2.05, 4.69) is 52.3 Å². The first-order valence-corrected chi connectivity index (χ1v) is 19.9. The quantitative estimate of drug-likeness (QED) is 0.0292. The van der Waals surface area contributed by atoms with E-state index in [0.717, 1.165) is 72.8 Å². The number of rotatable bonds is 10. The molecule has 15 nitrogen and oxygen atoms in total. The number of alkyl halides is 1. The molecule has 0 fully saturated rings. The molecule has 286 valence electrons. The Kier molecular flexibility index (Phi) is 26.9. The van der Waals surface area contributed by atoms with Crippen molar-refractivity contribution in [1.82, 2.24) is 39.9 Å². The van der Waals surface area contributed by atoms with Crippen molar-refractivity contribution in [3.63, 3.8) is 0 Å². The summed E-state index contributed by atoms with van der Waals surface area (Å²) in [7, 11) is 3.31. The van der Waals surface area contributed by atoms with Gasteiger partial charge >= 0.3 is 103 Å². The third-order valence-corrected chi connectivity index (χ3v) is 8.52. The molecule has 0 spiro atoms. The summed E-state index contributed by atoms with van der Waals surface area (Å²) < 4.78 is 13.0. The van der Waals surface area contributed by atoms with Crippen LogP contribution in [-0.4, -0.2) is 77.5 Å². The number of ether oxygens (including phenoxy) is 2. The fourth-order valence-electron chi connectivity index (χ4n) is 4.87. The van der Waals surface area contributed by atoms with Crippen LogP contribution < -0.4 is 118 Å². The van der Waals surface area contributed by atoms with Gasteiger partial charge < -0.3 is 21.0 Å². The van der Waals surface area contributed by atoms with Crippen LogP contribution in [0.5, 0.6) is 11.5 Å². The van der Waals surface area contributed by atoms with Crippen molar-refractivity contribution < 1.29 is 129 Å². The molecule has 2 aromatic carbocycles. The minimum atomic E-state index is -0.181. The maximum Gasteiger partial charge on any atom is 1.00 e. The topological polar surface area (TPSA) is 213 Å². The fraction of sp³-hybridized carbons (Fsp3) is 0.216. The van der Waals surface area contributed by atoms with Crippen molar-refractivity contribution >= 4 is 52.6 Å². The summed E-state index contributed by atoms with van der Waals surface area (Å²) in [5.41, 5.74) is 9.27. The van der Waals surface area contributed by atoms with E-state index >= 15 is 0 Å². The maximum atomic E-state index is 9.01.